The minimum absolute atomic E-state index is 0.0950. The molecule has 1 unspecified atom stereocenters. The number of nitrogens with two attached hydrogens (primary N) is 1. The number of para-hydroxylation sites is 1. The summed E-state index contributed by atoms with van der Waals surface area (Å²) in [5.41, 5.74) is 6.89. The summed E-state index contributed by atoms with van der Waals surface area (Å²) in [7, 11) is 0. The van der Waals surface area contributed by atoms with Crippen molar-refractivity contribution in [2.45, 2.75) is 33.2 Å². The number of hydrogen-bond donors (Lipinski definition) is 3. The molecule has 0 aromatic heterocycles. The van der Waals surface area contributed by atoms with Crippen LogP contribution in [0, 0.1) is 12.8 Å². The Morgan fingerprint density at radius 1 is 1.47 bits per heavy atom. The molecule has 0 heterocycles. The molecule has 4 nitrogen and oxygen atoms in total. The number of phenolic OH excluding ortho intramolecular Hbond substituents is 1. The van der Waals surface area contributed by atoms with E-state index in [2.05, 4.69) is 5.32 Å². The van der Waals surface area contributed by atoms with Gasteiger partial charge >= 0.3 is 0 Å². The number of aromatic hydroxyl groups is 1. The Balaban J connectivity index is 2.71. The number of rotatable bonds is 4. The molecular formula is C13H20N2O2. The van der Waals surface area contributed by atoms with Crippen molar-refractivity contribution in [3.05, 3.63) is 23.8 Å². The molecule has 0 aliphatic heterocycles. The smallest absolute Gasteiger partial charge is 0.241 e. The Morgan fingerprint density at radius 3 is 2.71 bits per heavy atom. The summed E-state index contributed by atoms with van der Waals surface area (Å²) >= 11 is 0. The second kappa shape index (κ2) is 5.68. The fourth-order valence-corrected chi connectivity index (χ4v) is 1.60. The van der Waals surface area contributed by atoms with Gasteiger partial charge in [-0.15, -0.1) is 0 Å². The van der Waals surface area contributed by atoms with Crippen molar-refractivity contribution in [2.75, 3.05) is 5.32 Å². The van der Waals surface area contributed by atoms with Gasteiger partial charge in [0.05, 0.1) is 11.7 Å². The van der Waals surface area contributed by atoms with E-state index in [0.29, 0.717) is 18.0 Å². The molecule has 0 fully saturated rings. The summed E-state index contributed by atoms with van der Waals surface area (Å²) < 4.78 is 0. The third-order valence-corrected chi connectivity index (χ3v) is 2.56. The van der Waals surface area contributed by atoms with E-state index in [0.717, 1.165) is 5.56 Å². The Bertz CT molecular complexity index is 402. The van der Waals surface area contributed by atoms with Crippen molar-refractivity contribution in [1.29, 1.82) is 0 Å². The van der Waals surface area contributed by atoms with Crippen LogP contribution in [0.1, 0.15) is 25.8 Å². The van der Waals surface area contributed by atoms with Gasteiger partial charge in [-0.05, 0) is 30.9 Å². The molecule has 17 heavy (non-hydrogen) atoms. The average Bonchev–Trinajstić information content (AvgIpc) is 2.23. The number of hydrogen-bond acceptors (Lipinski definition) is 3. The average molecular weight is 236 g/mol. The Kier molecular flexibility index (Phi) is 4.52. The standard InChI is InChI=1S/C13H20N2O2/c1-8(2)7-10(14)13(17)15-11-6-4-5-9(3)12(11)16/h4-6,8,10,16H,7,14H2,1-3H3,(H,15,17). The van der Waals surface area contributed by atoms with Crippen molar-refractivity contribution in [2.24, 2.45) is 11.7 Å². The van der Waals surface area contributed by atoms with Crippen LogP contribution in [0.25, 0.3) is 0 Å². The maximum absolute atomic E-state index is 11.8. The number of benzene rings is 1. The van der Waals surface area contributed by atoms with E-state index in [4.69, 9.17) is 5.73 Å². The third kappa shape index (κ3) is 3.75. The minimum Gasteiger partial charge on any atom is -0.505 e. The quantitative estimate of drug-likeness (QED) is 0.700. The summed E-state index contributed by atoms with van der Waals surface area (Å²) in [6.07, 6.45) is 0.623. The fourth-order valence-electron chi connectivity index (χ4n) is 1.60. The molecule has 0 radical (unpaired) electrons. The normalized spacial score (nSPS) is 12.5. The first-order valence-electron chi connectivity index (χ1n) is 5.76. The van der Waals surface area contributed by atoms with E-state index in [1.54, 1.807) is 25.1 Å². The highest BCUT2D eigenvalue weighted by molar-refractivity contribution is 5.96. The van der Waals surface area contributed by atoms with Crippen LogP contribution in [-0.4, -0.2) is 17.1 Å². The lowest BCUT2D eigenvalue weighted by atomic mass is 10.0. The number of carbonyl (C=O) groups excluding carboxylic acids is 1. The molecule has 0 aliphatic carbocycles. The topological polar surface area (TPSA) is 75.4 Å². The highest BCUT2D eigenvalue weighted by Crippen LogP contribution is 2.26. The molecule has 4 N–H and O–H groups in total. The van der Waals surface area contributed by atoms with E-state index in [9.17, 15) is 9.90 Å². The first-order chi connectivity index (χ1) is 7.91. The van der Waals surface area contributed by atoms with E-state index >= 15 is 0 Å². The van der Waals surface area contributed by atoms with Crippen LogP contribution in [0.4, 0.5) is 5.69 Å². The van der Waals surface area contributed by atoms with Crippen LogP contribution in [0.15, 0.2) is 18.2 Å². The molecule has 0 bridgehead atoms. The molecule has 0 saturated heterocycles. The molecule has 1 aromatic carbocycles. The van der Waals surface area contributed by atoms with Gasteiger partial charge in [0.15, 0.2) is 0 Å². The molecule has 1 rings (SSSR count). The maximum Gasteiger partial charge on any atom is 0.241 e. The second-order valence-corrected chi connectivity index (χ2v) is 4.70. The van der Waals surface area contributed by atoms with Gasteiger partial charge in [-0.1, -0.05) is 26.0 Å². The zero-order valence-corrected chi connectivity index (χ0v) is 10.5. The van der Waals surface area contributed by atoms with Crippen molar-refractivity contribution in [1.82, 2.24) is 0 Å². The zero-order valence-electron chi connectivity index (χ0n) is 10.5. The van der Waals surface area contributed by atoms with Crippen LogP contribution in [0.2, 0.25) is 0 Å². The highest BCUT2D eigenvalue weighted by atomic mass is 16.3. The van der Waals surface area contributed by atoms with Crippen molar-refractivity contribution >= 4 is 11.6 Å². The van der Waals surface area contributed by atoms with E-state index in [-0.39, 0.29) is 11.7 Å². The Labute approximate surface area is 102 Å². The first kappa shape index (κ1) is 13.5. The Hall–Kier alpha value is -1.55. The van der Waals surface area contributed by atoms with E-state index in [1.807, 2.05) is 13.8 Å². The second-order valence-electron chi connectivity index (χ2n) is 4.70. The summed E-state index contributed by atoms with van der Waals surface area (Å²) in [4.78, 5) is 11.8. The van der Waals surface area contributed by atoms with Crippen LogP contribution < -0.4 is 11.1 Å². The zero-order chi connectivity index (χ0) is 13.0. The molecule has 1 atom stereocenters. The molecule has 0 spiro atoms. The van der Waals surface area contributed by atoms with E-state index in [1.165, 1.54) is 0 Å². The summed E-state index contributed by atoms with van der Waals surface area (Å²) in [5, 5.41) is 12.4. The molecule has 0 aliphatic rings. The lowest BCUT2D eigenvalue weighted by Gasteiger charge is -2.15. The predicted molar refractivity (Wildman–Crippen MR) is 68.9 cm³/mol. The van der Waals surface area contributed by atoms with Gasteiger partial charge in [-0.25, -0.2) is 0 Å². The monoisotopic (exact) mass is 236 g/mol. The maximum atomic E-state index is 11.8. The number of amides is 1. The highest BCUT2D eigenvalue weighted by Gasteiger charge is 2.16. The molecule has 4 heteroatoms. The van der Waals surface area contributed by atoms with Gasteiger partial charge in [-0.2, -0.15) is 0 Å². The predicted octanol–water partition coefficient (Wildman–Crippen LogP) is 2.01. The molecule has 1 aromatic rings. The lowest BCUT2D eigenvalue weighted by molar-refractivity contribution is -0.117. The number of carbonyl (C=O) groups is 1. The van der Waals surface area contributed by atoms with Gasteiger partial charge < -0.3 is 16.2 Å². The third-order valence-electron chi connectivity index (χ3n) is 2.56. The molecular weight excluding hydrogens is 216 g/mol. The molecule has 94 valence electrons. The number of anilines is 1. The van der Waals surface area contributed by atoms with Gasteiger partial charge in [0.2, 0.25) is 5.91 Å². The SMILES string of the molecule is Cc1cccc(NC(=O)C(N)CC(C)C)c1O. The van der Waals surface area contributed by atoms with Crippen molar-refractivity contribution in [3.8, 4) is 5.75 Å². The largest absolute Gasteiger partial charge is 0.505 e. The Morgan fingerprint density at radius 2 is 2.12 bits per heavy atom. The summed E-state index contributed by atoms with van der Waals surface area (Å²) in [5.74, 6) is 0.194. The fraction of sp³-hybridized carbons (Fsp3) is 0.462. The number of nitrogens with one attached hydrogen (secondary N) is 1. The van der Waals surface area contributed by atoms with Crippen LogP contribution in [-0.2, 0) is 4.79 Å². The summed E-state index contributed by atoms with van der Waals surface area (Å²) in [6.45, 7) is 5.80. The minimum atomic E-state index is -0.546. The van der Waals surface area contributed by atoms with Gasteiger partial charge in [0, 0.05) is 0 Å². The number of phenols is 1. The van der Waals surface area contributed by atoms with Gasteiger partial charge in [0.1, 0.15) is 5.75 Å². The molecule has 1 amide bonds. The van der Waals surface area contributed by atoms with Crippen LogP contribution in [0.3, 0.4) is 0 Å². The number of aryl methyl sites for hydroxylation is 1. The van der Waals surface area contributed by atoms with Gasteiger partial charge in [0.25, 0.3) is 0 Å². The van der Waals surface area contributed by atoms with Crippen molar-refractivity contribution in [3.63, 3.8) is 0 Å². The van der Waals surface area contributed by atoms with Crippen LogP contribution in [0.5, 0.6) is 5.75 Å². The first-order valence-corrected chi connectivity index (χ1v) is 5.76. The van der Waals surface area contributed by atoms with Crippen molar-refractivity contribution < 1.29 is 9.90 Å². The molecule has 0 saturated carbocycles. The van der Waals surface area contributed by atoms with Gasteiger partial charge in [-0.3, -0.25) is 4.79 Å². The van der Waals surface area contributed by atoms with Crippen LogP contribution >= 0.6 is 0 Å². The lowest BCUT2D eigenvalue weighted by Crippen LogP contribution is -2.36. The summed E-state index contributed by atoms with van der Waals surface area (Å²) in [6, 6.07) is 4.66. The van der Waals surface area contributed by atoms with E-state index < -0.39 is 6.04 Å².